The Kier molecular flexibility index (Phi) is 9.09. The zero-order valence-electron chi connectivity index (χ0n) is 27.2. The van der Waals surface area contributed by atoms with Gasteiger partial charge in [0.05, 0.1) is 0 Å². The molecule has 0 aromatic rings. The van der Waals surface area contributed by atoms with Crippen LogP contribution in [0.1, 0.15) is 158 Å². The highest BCUT2D eigenvalue weighted by molar-refractivity contribution is 5.02. The smallest absolute Gasteiger partial charge is 0.0269 e. The van der Waals surface area contributed by atoms with E-state index in [9.17, 15) is 0 Å². The van der Waals surface area contributed by atoms with E-state index in [1.165, 1.54) is 38.5 Å². The average molecular weight is 525 g/mol. The van der Waals surface area contributed by atoms with Crippen LogP contribution in [0.5, 0.6) is 0 Å². The molecule has 0 spiro atoms. The second-order valence-corrected chi connectivity index (χ2v) is 17.8. The summed E-state index contributed by atoms with van der Waals surface area (Å²) in [6, 6.07) is 0. The zero-order chi connectivity index (χ0) is 27.2. The van der Waals surface area contributed by atoms with Gasteiger partial charge in [0.25, 0.3) is 0 Å². The summed E-state index contributed by atoms with van der Waals surface area (Å²) in [5.74, 6) is 12.9. The SMILES string of the molecule is CC(C)C12CCC(C1)C2.CC(C)C12CCC(CC1)C2.CC(C)C1CC2CC1C2.CC(C)C1CC2CCC1C2. The molecule has 10 saturated carbocycles. The largest absolute Gasteiger partial charge is 0.0625 e. The minimum absolute atomic E-state index is 0.810. The molecule has 0 aliphatic heterocycles. The van der Waals surface area contributed by atoms with Crippen molar-refractivity contribution in [2.45, 2.75) is 158 Å². The number of hydrogen-bond donors (Lipinski definition) is 0. The first-order valence-electron chi connectivity index (χ1n) is 18.0. The van der Waals surface area contributed by atoms with E-state index in [4.69, 9.17) is 0 Å². The van der Waals surface area contributed by atoms with E-state index in [0.29, 0.717) is 0 Å². The predicted octanol–water partition coefficient (Wildman–Crippen LogP) is 11.8. The minimum atomic E-state index is 0.810. The summed E-state index contributed by atoms with van der Waals surface area (Å²) >= 11 is 0. The lowest BCUT2D eigenvalue weighted by atomic mass is 9.63. The van der Waals surface area contributed by atoms with Crippen LogP contribution in [-0.4, -0.2) is 0 Å². The number of rotatable bonds is 4. The van der Waals surface area contributed by atoms with Crippen molar-refractivity contribution < 1.29 is 0 Å². The Morgan fingerprint density at radius 2 is 0.895 bits per heavy atom. The van der Waals surface area contributed by atoms with Gasteiger partial charge in [-0.05, 0) is 178 Å². The van der Waals surface area contributed by atoms with E-state index in [0.717, 1.165) is 81.8 Å². The van der Waals surface area contributed by atoms with Crippen molar-refractivity contribution in [3.8, 4) is 0 Å². The first-order valence-corrected chi connectivity index (χ1v) is 18.0. The van der Waals surface area contributed by atoms with Gasteiger partial charge >= 0.3 is 0 Å². The second kappa shape index (κ2) is 11.7. The topological polar surface area (TPSA) is 0 Å². The van der Waals surface area contributed by atoms with Crippen LogP contribution < -0.4 is 0 Å². The zero-order valence-corrected chi connectivity index (χ0v) is 27.2. The van der Waals surface area contributed by atoms with E-state index in [2.05, 4.69) is 55.4 Å². The summed E-state index contributed by atoms with van der Waals surface area (Å²) in [6.45, 7) is 19.2. The molecule has 0 saturated heterocycles. The van der Waals surface area contributed by atoms with E-state index in [1.54, 1.807) is 64.2 Å². The van der Waals surface area contributed by atoms with Gasteiger partial charge in [-0.3, -0.25) is 0 Å². The lowest BCUT2D eigenvalue weighted by molar-refractivity contribution is 0.0822. The molecule has 0 aromatic carbocycles. The maximum Gasteiger partial charge on any atom is -0.0269 e. The standard InChI is InChI=1S/2C10H18.2C9H16/c1-8(2)10-5-3-9(7-10)4-6-10;1-7(2)10-6-8-3-4-9(10)5-8;1-6(2)9-5-7-3-8(9)4-7;1-7(2)9-4-3-8(5-9)6-9/h8-9H,3-7H2,1-2H3;7-10H,3-6H2,1-2H3;6-9H,3-5H2,1-2H3;7-8H,3-6H2,1-2H3. The Bertz CT molecular complexity index is 726. The van der Waals surface area contributed by atoms with Gasteiger partial charge in [0.2, 0.25) is 0 Å². The first-order chi connectivity index (χ1) is 18.0. The van der Waals surface area contributed by atoms with Crippen molar-refractivity contribution >= 4 is 0 Å². The highest BCUT2D eigenvalue weighted by Crippen LogP contribution is 2.62. The molecule has 10 fully saturated rings. The Morgan fingerprint density at radius 3 is 1.13 bits per heavy atom. The van der Waals surface area contributed by atoms with Gasteiger partial charge in [-0.15, -0.1) is 0 Å². The summed E-state index contributed by atoms with van der Waals surface area (Å²) in [4.78, 5) is 0. The molecule has 10 aliphatic carbocycles. The lowest BCUT2D eigenvalue weighted by Gasteiger charge is -2.42. The van der Waals surface area contributed by atoms with Crippen molar-refractivity contribution in [2.24, 2.45) is 81.8 Å². The van der Waals surface area contributed by atoms with Crippen molar-refractivity contribution in [1.29, 1.82) is 0 Å². The third kappa shape index (κ3) is 5.96. The molecule has 220 valence electrons. The van der Waals surface area contributed by atoms with Crippen molar-refractivity contribution in [1.82, 2.24) is 0 Å². The first kappa shape index (κ1) is 29.5. The molecule has 8 bridgehead atoms. The van der Waals surface area contributed by atoms with Crippen LogP contribution >= 0.6 is 0 Å². The molecular formula is C38H68. The molecule has 38 heavy (non-hydrogen) atoms. The van der Waals surface area contributed by atoms with Gasteiger partial charge in [0, 0.05) is 0 Å². The summed E-state index contributed by atoms with van der Waals surface area (Å²) in [7, 11) is 0. The summed E-state index contributed by atoms with van der Waals surface area (Å²) in [5.41, 5.74) is 1.65. The second-order valence-electron chi connectivity index (χ2n) is 17.8. The molecule has 0 heterocycles. The van der Waals surface area contributed by atoms with Gasteiger partial charge in [0.15, 0.2) is 0 Å². The lowest BCUT2D eigenvalue weighted by Crippen LogP contribution is -2.32. The Hall–Kier alpha value is 0. The quantitative estimate of drug-likeness (QED) is 0.343. The molecule has 0 aromatic heterocycles. The monoisotopic (exact) mass is 525 g/mol. The van der Waals surface area contributed by atoms with Crippen LogP contribution in [0, 0.1) is 81.8 Å². The van der Waals surface area contributed by atoms with Gasteiger partial charge in [0.1, 0.15) is 0 Å². The molecule has 0 amide bonds. The molecule has 4 unspecified atom stereocenters. The van der Waals surface area contributed by atoms with Gasteiger partial charge < -0.3 is 0 Å². The maximum absolute atomic E-state index is 2.41. The van der Waals surface area contributed by atoms with E-state index < -0.39 is 0 Å². The molecule has 0 N–H and O–H groups in total. The Balaban J connectivity index is 0.000000103. The predicted molar refractivity (Wildman–Crippen MR) is 166 cm³/mol. The van der Waals surface area contributed by atoms with E-state index >= 15 is 0 Å². The molecule has 10 aliphatic rings. The fourth-order valence-electron chi connectivity index (χ4n) is 11.6. The van der Waals surface area contributed by atoms with E-state index in [-0.39, 0.29) is 0 Å². The number of fused-ring (bicyclic) bond motifs is 6. The van der Waals surface area contributed by atoms with Crippen LogP contribution in [0.4, 0.5) is 0 Å². The van der Waals surface area contributed by atoms with Gasteiger partial charge in [-0.25, -0.2) is 0 Å². The van der Waals surface area contributed by atoms with Crippen LogP contribution in [-0.2, 0) is 0 Å². The molecule has 0 heteroatoms. The summed E-state index contributed by atoms with van der Waals surface area (Å²) in [6.07, 6.45) is 24.8. The molecule has 10 rings (SSSR count). The molecule has 4 atom stereocenters. The fourth-order valence-corrected chi connectivity index (χ4v) is 11.6. The Morgan fingerprint density at radius 1 is 0.421 bits per heavy atom. The van der Waals surface area contributed by atoms with Crippen molar-refractivity contribution in [2.75, 3.05) is 0 Å². The van der Waals surface area contributed by atoms with Gasteiger partial charge in [-0.2, -0.15) is 0 Å². The van der Waals surface area contributed by atoms with Crippen molar-refractivity contribution in [3.05, 3.63) is 0 Å². The van der Waals surface area contributed by atoms with Crippen molar-refractivity contribution in [3.63, 3.8) is 0 Å². The highest BCUT2D eigenvalue weighted by Gasteiger charge is 2.51. The Labute approximate surface area is 239 Å². The van der Waals surface area contributed by atoms with Gasteiger partial charge in [-0.1, -0.05) is 61.8 Å². The summed E-state index contributed by atoms with van der Waals surface area (Å²) in [5, 5.41) is 0. The maximum atomic E-state index is 2.41. The van der Waals surface area contributed by atoms with Crippen LogP contribution in [0.3, 0.4) is 0 Å². The minimum Gasteiger partial charge on any atom is -0.0625 e. The average Bonchev–Trinajstić information content (AvgIpc) is 3.70. The third-order valence-corrected chi connectivity index (χ3v) is 14.7. The van der Waals surface area contributed by atoms with Crippen LogP contribution in [0.25, 0.3) is 0 Å². The van der Waals surface area contributed by atoms with E-state index in [1.807, 2.05) is 0 Å². The van der Waals surface area contributed by atoms with Crippen LogP contribution in [0.2, 0.25) is 0 Å². The molecule has 0 radical (unpaired) electrons. The molecular weight excluding hydrogens is 456 g/mol. The molecule has 0 nitrogen and oxygen atoms in total. The highest BCUT2D eigenvalue weighted by atomic mass is 14.6. The summed E-state index contributed by atoms with van der Waals surface area (Å²) < 4.78 is 0. The normalized spacial score (nSPS) is 46.4. The fraction of sp³-hybridized carbons (Fsp3) is 1.00. The third-order valence-electron chi connectivity index (χ3n) is 14.7. The van der Waals surface area contributed by atoms with Crippen LogP contribution in [0.15, 0.2) is 0 Å². The number of hydrogen-bond acceptors (Lipinski definition) is 0.